The van der Waals surface area contributed by atoms with E-state index in [4.69, 9.17) is 0 Å². The highest BCUT2D eigenvalue weighted by Gasteiger charge is 1.85. The summed E-state index contributed by atoms with van der Waals surface area (Å²) in [7, 11) is 0. The van der Waals surface area contributed by atoms with Crippen LogP contribution in [-0.2, 0) is 0 Å². The van der Waals surface area contributed by atoms with Gasteiger partial charge in [0.2, 0.25) is 0 Å². The van der Waals surface area contributed by atoms with E-state index in [-0.39, 0.29) is 0 Å². The molecule has 0 aliphatic carbocycles. The predicted octanol–water partition coefficient (Wildman–Crippen LogP) is 3.21. The van der Waals surface area contributed by atoms with E-state index in [1.54, 1.807) is 0 Å². The summed E-state index contributed by atoms with van der Waals surface area (Å²) < 4.78 is 0. The van der Waals surface area contributed by atoms with Gasteiger partial charge in [-0.25, -0.2) is 4.99 Å². The van der Waals surface area contributed by atoms with Crippen molar-refractivity contribution in [3.63, 3.8) is 0 Å². The first-order valence-corrected chi connectivity index (χ1v) is 4.52. The van der Waals surface area contributed by atoms with Crippen LogP contribution in [0.5, 0.6) is 0 Å². The van der Waals surface area contributed by atoms with Crippen molar-refractivity contribution in [1.82, 2.24) is 0 Å². The number of rotatable bonds is 3. The molecule has 1 aromatic rings. The van der Waals surface area contributed by atoms with E-state index in [1.807, 2.05) is 24.3 Å². The summed E-state index contributed by atoms with van der Waals surface area (Å²) in [5, 5.41) is 0. The first-order valence-electron chi connectivity index (χ1n) is 4.52. The van der Waals surface area contributed by atoms with Crippen LogP contribution in [0.4, 0.5) is 5.69 Å². The minimum absolute atomic E-state index is 0.801. The Balaban J connectivity index is 2.64. The van der Waals surface area contributed by atoms with Gasteiger partial charge in [0.15, 0.2) is 0 Å². The fraction of sp³-hybridized carbons (Fsp3) is 0.364. The van der Waals surface area contributed by atoms with Gasteiger partial charge in [0, 0.05) is 6.54 Å². The van der Waals surface area contributed by atoms with Gasteiger partial charge in [-0.1, -0.05) is 24.6 Å². The Bertz CT molecular complexity index is 305. The van der Waals surface area contributed by atoms with Gasteiger partial charge >= 0.3 is 0 Å². The number of aryl methyl sites for hydroxylation is 1. The van der Waals surface area contributed by atoms with Crippen molar-refractivity contribution in [1.29, 1.82) is 0 Å². The molecule has 68 valence electrons. The standard InChI is InChI=1S/C11H14N2/c1-3-8-12-9-13-11-6-4-10(2)5-7-11/h4-7H,3,8H2,1-2H3. The monoisotopic (exact) mass is 174 g/mol. The number of benzene rings is 1. The topological polar surface area (TPSA) is 24.7 Å². The SMILES string of the molecule is CCCN=C=Nc1ccc(C)cc1. The Morgan fingerprint density at radius 3 is 2.54 bits per heavy atom. The van der Waals surface area contributed by atoms with Crippen LogP contribution in [0.2, 0.25) is 0 Å². The van der Waals surface area contributed by atoms with Crippen LogP contribution in [0, 0.1) is 6.92 Å². The predicted molar refractivity (Wildman–Crippen MR) is 55.9 cm³/mol. The first-order chi connectivity index (χ1) is 6.33. The lowest BCUT2D eigenvalue weighted by Gasteiger charge is -1.90. The van der Waals surface area contributed by atoms with E-state index in [1.165, 1.54) is 5.56 Å². The molecule has 0 amide bonds. The highest BCUT2D eigenvalue weighted by molar-refractivity contribution is 5.52. The van der Waals surface area contributed by atoms with E-state index in [0.717, 1.165) is 18.7 Å². The van der Waals surface area contributed by atoms with Crippen molar-refractivity contribution in [3.05, 3.63) is 29.8 Å². The van der Waals surface area contributed by atoms with Gasteiger partial charge in [0.05, 0.1) is 11.7 Å². The van der Waals surface area contributed by atoms with Crippen LogP contribution in [0.1, 0.15) is 18.9 Å². The maximum absolute atomic E-state index is 4.07. The molecule has 0 radical (unpaired) electrons. The summed E-state index contributed by atoms with van der Waals surface area (Å²) >= 11 is 0. The van der Waals surface area contributed by atoms with Crippen LogP contribution >= 0.6 is 0 Å². The smallest absolute Gasteiger partial charge is 0.0948 e. The minimum Gasteiger partial charge on any atom is -0.225 e. The zero-order chi connectivity index (χ0) is 9.52. The molecule has 0 saturated heterocycles. The second-order valence-electron chi connectivity index (χ2n) is 2.93. The molecule has 0 heterocycles. The Kier molecular flexibility index (Phi) is 3.94. The van der Waals surface area contributed by atoms with Crippen molar-refractivity contribution in [2.24, 2.45) is 9.98 Å². The van der Waals surface area contributed by atoms with E-state index < -0.39 is 0 Å². The normalized spacial score (nSPS) is 9.08. The second-order valence-corrected chi connectivity index (χ2v) is 2.93. The molecule has 0 N–H and O–H groups in total. The third kappa shape index (κ3) is 3.68. The third-order valence-electron chi connectivity index (χ3n) is 1.62. The number of hydrogen-bond acceptors (Lipinski definition) is 2. The molecule has 13 heavy (non-hydrogen) atoms. The lowest BCUT2D eigenvalue weighted by atomic mass is 10.2. The van der Waals surface area contributed by atoms with E-state index in [9.17, 15) is 0 Å². The maximum atomic E-state index is 4.07. The van der Waals surface area contributed by atoms with Gasteiger partial charge in [-0.05, 0) is 25.5 Å². The highest BCUT2D eigenvalue weighted by atomic mass is 14.8. The molecule has 0 aliphatic heterocycles. The summed E-state index contributed by atoms with van der Waals surface area (Å²) in [5.74, 6) is 0. The fourth-order valence-electron chi connectivity index (χ4n) is 0.874. The summed E-state index contributed by atoms with van der Waals surface area (Å²) in [4.78, 5) is 8.06. The average molecular weight is 174 g/mol. The summed E-state index contributed by atoms with van der Waals surface area (Å²) in [5.41, 5.74) is 2.15. The molecular weight excluding hydrogens is 160 g/mol. The Labute approximate surface area is 79.0 Å². The van der Waals surface area contributed by atoms with Crippen LogP contribution in [-0.4, -0.2) is 12.6 Å². The molecule has 0 saturated carbocycles. The highest BCUT2D eigenvalue weighted by Crippen LogP contribution is 2.10. The molecule has 0 fully saturated rings. The summed E-state index contributed by atoms with van der Waals surface area (Å²) in [6.07, 6.45) is 1.04. The molecular formula is C11H14N2. The van der Waals surface area contributed by atoms with Crippen LogP contribution < -0.4 is 0 Å². The van der Waals surface area contributed by atoms with E-state index >= 15 is 0 Å². The zero-order valence-corrected chi connectivity index (χ0v) is 8.12. The molecule has 0 atom stereocenters. The quantitative estimate of drug-likeness (QED) is 0.629. The first kappa shape index (κ1) is 9.69. The molecule has 1 rings (SSSR count). The van der Waals surface area contributed by atoms with Crippen LogP contribution in [0.25, 0.3) is 0 Å². The van der Waals surface area contributed by atoms with Gasteiger partial charge in [-0.15, -0.1) is 0 Å². The van der Waals surface area contributed by atoms with Crippen LogP contribution in [0.3, 0.4) is 0 Å². The minimum atomic E-state index is 0.801. The largest absolute Gasteiger partial charge is 0.225 e. The van der Waals surface area contributed by atoms with Gasteiger partial charge in [0.1, 0.15) is 0 Å². The number of hydrogen-bond donors (Lipinski definition) is 0. The molecule has 0 bridgehead atoms. The fourth-order valence-corrected chi connectivity index (χ4v) is 0.874. The van der Waals surface area contributed by atoms with Gasteiger partial charge in [-0.2, -0.15) is 4.99 Å². The Morgan fingerprint density at radius 1 is 1.23 bits per heavy atom. The summed E-state index contributed by atoms with van der Waals surface area (Å²) in [6.45, 7) is 4.94. The Hall–Kier alpha value is -1.40. The lowest BCUT2D eigenvalue weighted by Crippen LogP contribution is -1.72. The van der Waals surface area contributed by atoms with Gasteiger partial charge in [0.25, 0.3) is 0 Å². The molecule has 0 aliphatic rings. The maximum Gasteiger partial charge on any atom is 0.0948 e. The van der Waals surface area contributed by atoms with Crippen molar-refractivity contribution in [3.8, 4) is 0 Å². The molecule has 2 nitrogen and oxygen atoms in total. The van der Waals surface area contributed by atoms with Crippen molar-refractivity contribution >= 4 is 11.7 Å². The summed E-state index contributed by atoms with van der Waals surface area (Å²) in [6, 6.07) is 10.7. The molecule has 0 spiro atoms. The number of nitrogens with zero attached hydrogens (tertiary/aromatic N) is 2. The van der Waals surface area contributed by atoms with E-state index in [2.05, 4.69) is 29.8 Å². The lowest BCUT2D eigenvalue weighted by molar-refractivity contribution is 0.937. The van der Waals surface area contributed by atoms with Crippen molar-refractivity contribution in [2.45, 2.75) is 20.3 Å². The average Bonchev–Trinajstić information content (AvgIpc) is 2.15. The molecule has 0 unspecified atom stereocenters. The third-order valence-corrected chi connectivity index (χ3v) is 1.62. The molecule has 2 heteroatoms. The number of aliphatic imine (C=N–C) groups is 2. The van der Waals surface area contributed by atoms with Gasteiger partial charge < -0.3 is 0 Å². The zero-order valence-electron chi connectivity index (χ0n) is 8.12. The van der Waals surface area contributed by atoms with E-state index in [0.29, 0.717) is 0 Å². The van der Waals surface area contributed by atoms with Crippen molar-refractivity contribution < 1.29 is 0 Å². The van der Waals surface area contributed by atoms with Gasteiger partial charge in [-0.3, -0.25) is 0 Å². The van der Waals surface area contributed by atoms with Crippen molar-refractivity contribution in [2.75, 3.05) is 6.54 Å². The second kappa shape index (κ2) is 5.28. The molecule has 0 aromatic heterocycles. The molecule has 1 aromatic carbocycles. The van der Waals surface area contributed by atoms with Crippen LogP contribution in [0.15, 0.2) is 34.3 Å². The Morgan fingerprint density at radius 2 is 1.92 bits per heavy atom.